The van der Waals surface area contributed by atoms with Crippen LogP contribution in [0, 0.1) is 17.8 Å². The summed E-state index contributed by atoms with van der Waals surface area (Å²) in [6, 6.07) is 0.376. The van der Waals surface area contributed by atoms with Crippen molar-refractivity contribution in [2.75, 3.05) is 0 Å². The van der Waals surface area contributed by atoms with E-state index in [1.54, 1.807) is 11.3 Å². The molecule has 2 N–H and O–H groups in total. The summed E-state index contributed by atoms with van der Waals surface area (Å²) in [5.41, 5.74) is 8.24. The number of hydrogen-bond donors (Lipinski definition) is 1. The third-order valence-corrected chi connectivity index (χ3v) is 5.07. The van der Waals surface area contributed by atoms with E-state index in [4.69, 9.17) is 5.73 Å². The number of nitrogens with two attached hydrogens (primary N) is 1. The molecule has 4 atom stereocenters. The summed E-state index contributed by atoms with van der Waals surface area (Å²) in [5.74, 6) is 2.75. The Morgan fingerprint density at radius 1 is 1.47 bits per heavy atom. The van der Waals surface area contributed by atoms with Crippen molar-refractivity contribution in [3.05, 3.63) is 16.6 Å². The summed E-state index contributed by atoms with van der Waals surface area (Å²) in [7, 11) is 0. The van der Waals surface area contributed by atoms with Gasteiger partial charge < -0.3 is 5.73 Å². The highest BCUT2D eigenvalue weighted by Crippen LogP contribution is 2.49. The van der Waals surface area contributed by atoms with Crippen LogP contribution in [0.15, 0.2) is 11.7 Å². The van der Waals surface area contributed by atoms with E-state index in [2.05, 4.69) is 4.98 Å². The Morgan fingerprint density at radius 3 is 3.00 bits per heavy atom. The average molecular weight is 222 g/mol. The second-order valence-corrected chi connectivity index (χ2v) is 6.15. The molecule has 2 bridgehead atoms. The van der Waals surface area contributed by atoms with Crippen molar-refractivity contribution in [2.24, 2.45) is 23.5 Å². The summed E-state index contributed by atoms with van der Waals surface area (Å²) in [4.78, 5) is 5.46. The maximum atomic E-state index is 6.34. The Kier molecular flexibility index (Phi) is 2.53. The lowest BCUT2D eigenvalue weighted by atomic mass is 9.82. The third-order valence-electron chi connectivity index (χ3n) is 4.26. The van der Waals surface area contributed by atoms with Crippen LogP contribution >= 0.6 is 11.3 Å². The molecule has 2 aliphatic carbocycles. The fourth-order valence-corrected chi connectivity index (χ4v) is 4.21. The number of nitrogens with zero attached hydrogens (tertiary/aromatic N) is 1. The quantitative estimate of drug-likeness (QED) is 0.853. The van der Waals surface area contributed by atoms with Crippen LogP contribution in [0.5, 0.6) is 0 Å². The Hall–Kier alpha value is -0.410. The van der Waals surface area contributed by atoms with Crippen molar-refractivity contribution in [1.82, 2.24) is 4.98 Å². The van der Waals surface area contributed by atoms with E-state index in [1.165, 1.54) is 30.6 Å². The first-order valence-electron chi connectivity index (χ1n) is 5.96. The molecule has 15 heavy (non-hydrogen) atoms. The number of rotatable bonds is 3. The van der Waals surface area contributed by atoms with Gasteiger partial charge in [-0.3, -0.25) is 4.98 Å². The first kappa shape index (κ1) is 9.79. The van der Waals surface area contributed by atoms with E-state index in [9.17, 15) is 0 Å². The molecule has 4 unspecified atom stereocenters. The summed E-state index contributed by atoms with van der Waals surface area (Å²) in [6.07, 6.45) is 8.77. The van der Waals surface area contributed by atoms with E-state index in [0.717, 1.165) is 24.2 Å². The maximum absolute atomic E-state index is 6.34. The van der Waals surface area contributed by atoms with E-state index in [-0.39, 0.29) is 0 Å². The standard InChI is InChI=1S/C12H18N2S/c13-12(5-10-6-14-7-15-10)11-4-8-1-2-9(11)3-8/h6-9,11-12H,1-5,13H2. The average Bonchev–Trinajstić information content (AvgIpc) is 2.93. The van der Waals surface area contributed by atoms with E-state index < -0.39 is 0 Å². The predicted molar refractivity (Wildman–Crippen MR) is 62.7 cm³/mol. The zero-order valence-corrected chi connectivity index (χ0v) is 9.75. The highest BCUT2D eigenvalue weighted by atomic mass is 32.1. The molecule has 1 heterocycles. The molecule has 2 saturated carbocycles. The fourth-order valence-electron chi connectivity index (χ4n) is 3.54. The second-order valence-electron chi connectivity index (χ2n) is 5.17. The van der Waals surface area contributed by atoms with Crippen molar-refractivity contribution in [3.8, 4) is 0 Å². The van der Waals surface area contributed by atoms with Crippen molar-refractivity contribution < 1.29 is 0 Å². The molecule has 0 aliphatic heterocycles. The van der Waals surface area contributed by atoms with E-state index >= 15 is 0 Å². The minimum atomic E-state index is 0.376. The zero-order chi connectivity index (χ0) is 10.3. The van der Waals surface area contributed by atoms with Gasteiger partial charge in [0.2, 0.25) is 0 Å². The lowest BCUT2D eigenvalue weighted by Crippen LogP contribution is -2.35. The van der Waals surface area contributed by atoms with Gasteiger partial charge in [0.15, 0.2) is 0 Å². The minimum absolute atomic E-state index is 0.376. The largest absolute Gasteiger partial charge is 0.327 e. The van der Waals surface area contributed by atoms with E-state index in [1.807, 2.05) is 11.7 Å². The molecule has 3 heteroatoms. The molecular weight excluding hydrogens is 204 g/mol. The van der Waals surface area contributed by atoms with Crippen LogP contribution in [0.3, 0.4) is 0 Å². The van der Waals surface area contributed by atoms with Gasteiger partial charge in [-0.2, -0.15) is 0 Å². The van der Waals surface area contributed by atoms with E-state index in [0.29, 0.717) is 6.04 Å². The van der Waals surface area contributed by atoms with Crippen LogP contribution < -0.4 is 5.73 Å². The Bertz CT molecular complexity index is 322. The lowest BCUT2D eigenvalue weighted by Gasteiger charge is -2.27. The van der Waals surface area contributed by atoms with Crippen LogP contribution in [-0.4, -0.2) is 11.0 Å². The van der Waals surface area contributed by atoms with Crippen molar-refractivity contribution >= 4 is 11.3 Å². The summed E-state index contributed by atoms with van der Waals surface area (Å²) < 4.78 is 0. The smallest absolute Gasteiger partial charge is 0.0794 e. The maximum Gasteiger partial charge on any atom is 0.0794 e. The molecule has 2 aliphatic rings. The van der Waals surface area contributed by atoms with Gasteiger partial charge in [-0.15, -0.1) is 11.3 Å². The Labute approximate surface area is 94.9 Å². The molecule has 1 aromatic rings. The molecule has 0 amide bonds. The fraction of sp³-hybridized carbons (Fsp3) is 0.750. The van der Waals surface area contributed by atoms with Gasteiger partial charge in [-0.1, -0.05) is 6.42 Å². The van der Waals surface area contributed by atoms with Gasteiger partial charge in [-0.05, 0) is 43.4 Å². The SMILES string of the molecule is NC(Cc1cncs1)C1CC2CCC1C2. The highest BCUT2D eigenvalue weighted by Gasteiger charge is 2.41. The van der Waals surface area contributed by atoms with Crippen LogP contribution in [0.1, 0.15) is 30.6 Å². The Morgan fingerprint density at radius 2 is 2.40 bits per heavy atom. The predicted octanol–water partition coefficient (Wildman–Crippen LogP) is 2.45. The van der Waals surface area contributed by atoms with Gasteiger partial charge in [-0.25, -0.2) is 0 Å². The minimum Gasteiger partial charge on any atom is -0.327 e. The number of fused-ring (bicyclic) bond motifs is 2. The number of hydrogen-bond acceptors (Lipinski definition) is 3. The highest BCUT2D eigenvalue weighted by molar-refractivity contribution is 7.09. The van der Waals surface area contributed by atoms with Crippen LogP contribution in [0.25, 0.3) is 0 Å². The molecule has 3 rings (SSSR count). The van der Waals surface area contributed by atoms with Crippen molar-refractivity contribution in [2.45, 2.75) is 38.1 Å². The zero-order valence-electron chi connectivity index (χ0n) is 8.93. The molecule has 0 spiro atoms. The molecule has 0 aromatic carbocycles. The van der Waals surface area contributed by atoms with Crippen LogP contribution in [0.4, 0.5) is 0 Å². The van der Waals surface area contributed by atoms with Crippen molar-refractivity contribution in [3.63, 3.8) is 0 Å². The van der Waals surface area contributed by atoms with Gasteiger partial charge in [0.1, 0.15) is 0 Å². The molecule has 2 fully saturated rings. The summed E-state index contributed by atoms with van der Waals surface area (Å²) >= 11 is 1.74. The molecule has 1 aromatic heterocycles. The third kappa shape index (κ3) is 1.83. The molecular formula is C12H18N2S. The topological polar surface area (TPSA) is 38.9 Å². The van der Waals surface area contributed by atoms with Gasteiger partial charge in [0, 0.05) is 17.1 Å². The van der Waals surface area contributed by atoms with Crippen molar-refractivity contribution in [1.29, 1.82) is 0 Å². The molecule has 2 nitrogen and oxygen atoms in total. The number of aromatic nitrogens is 1. The first-order chi connectivity index (χ1) is 7.33. The summed E-state index contributed by atoms with van der Waals surface area (Å²) in [6.45, 7) is 0. The monoisotopic (exact) mass is 222 g/mol. The van der Waals surface area contributed by atoms with Gasteiger partial charge in [0.25, 0.3) is 0 Å². The Balaban J connectivity index is 1.63. The van der Waals surface area contributed by atoms with Crippen LogP contribution in [-0.2, 0) is 6.42 Å². The van der Waals surface area contributed by atoms with Crippen LogP contribution in [0.2, 0.25) is 0 Å². The first-order valence-corrected chi connectivity index (χ1v) is 6.84. The normalized spacial score (nSPS) is 35.9. The lowest BCUT2D eigenvalue weighted by molar-refractivity contribution is 0.281. The van der Waals surface area contributed by atoms with Gasteiger partial charge >= 0.3 is 0 Å². The number of thiazole rings is 1. The molecule has 82 valence electrons. The second kappa shape index (κ2) is 3.87. The summed E-state index contributed by atoms with van der Waals surface area (Å²) in [5, 5.41) is 0. The molecule has 0 radical (unpaired) electrons. The van der Waals surface area contributed by atoms with Gasteiger partial charge in [0.05, 0.1) is 5.51 Å². The molecule has 0 saturated heterocycles.